The van der Waals surface area contributed by atoms with Gasteiger partial charge in [-0.3, -0.25) is 4.79 Å². The van der Waals surface area contributed by atoms with E-state index in [1.165, 1.54) is 6.42 Å². The van der Waals surface area contributed by atoms with E-state index in [-0.39, 0.29) is 18.0 Å². The SMILES string of the molecule is CCC1(NC(=O)Nc2ccc(CCC(=O)O)cc2)CCC1. The zero-order valence-electron chi connectivity index (χ0n) is 12.3. The molecule has 0 bridgehead atoms. The van der Waals surface area contributed by atoms with Gasteiger partial charge in [-0.1, -0.05) is 19.1 Å². The van der Waals surface area contributed by atoms with Crippen LogP contribution in [0.25, 0.3) is 0 Å². The monoisotopic (exact) mass is 290 g/mol. The number of aliphatic carboxylic acids is 1. The van der Waals surface area contributed by atoms with E-state index in [1.54, 1.807) is 12.1 Å². The number of carboxylic acid groups (broad SMARTS) is 1. The van der Waals surface area contributed by atoms with Crippen molar-refractivity contribution in [2.24, 2.45) is 0 Å². The van der Waals surface area contributed by atoms with E-state index in [9.17, 15) is 9.59 Å². The van der Waals surface area contributed by atoms with Gasteiger partial charge in [0.25, 0.3) is 0 Å². The van der Waals surface area contributed by atoms with Crippen molar-refractivity contribution in [1.29, 1.82) is 0 Å². The second kappa shape index (κ2) is 6.61. The minimum Gasteiger partial charge on any atom is -0.481 e. The Labute approximate surface area is 124 Å². The Morgan fingerprint density at radius 3 is 2.38 bits per heavy atom. The van der Waals surface area contributed by atoms with Crippen LogP contribution in [-0.4, -0.2) is 22.6 Å². The van der Waals surface area contributed by atoms with Crippen molar-refractivity contribution in [2.45, 2.75) is 51.0 Å². The highest BCUT2D eigenvalue weighted by molar-refractivity contribution is 5.89. The van der Waals surface area contributed by atoms with E-state index >= 15 is 0 Å². The average molecular weight is 290 g/mol. The lowest BCUT2D eigenvalue weighted by Crippen LogP contribution is -2.54. The van der Waals surface area contributed by atoms with E-state index in [4.69, 9.17) is 5.11 Å². The highest BCUT2D eigenvalue weighted by Crippen LogP contribution is 2.34. The molecule has 1 aromatic rings. The number of rotatable bonds is 6. The van der Waals surface area contributed by atoms with E-state index in [0.717, 1.165) is 30.5 Å². The number of carbonyl (C=O) groups is 2. The zero-order valence-corrected chi connectivity index (χ0v) is 12.3. The van der Waals surface area contributed by atoms with Gasteiger partial charge in [-0.2, -0.15) is 0 Å². The fourth-order valence-electron chi connectivity index (χ4n) is 2.58. The van der Waals surface area contributed by atoms with Crippen LogP contribution in [0.2, 0.25) is 0 Å². The number of carboxylic acids is 1. The van der Waals surface area contributed by atoms with E-state index in [0.29, 0.717) is 6.42 Å². The van der Waals surface area contributed by atoms with Gasteiger partial charge < -0.3 is 15.7 Å². The third-order valence-electron chi connectivity index (χ3n) is 4.21. The quantitative estimate of drug-likeness (QED) is 0.753. The maximum absolute atomic E-state index is 12.0. The molecule has 5 nitrogen and oxygen atoms in total. The lowest BCUT2D eigenvalue weighted by molar-refractivity contribution is -0.136. The molecule has 0 saturated heterocycles. The summed E-state index contributed by atoms with van der Waals surface area (Å²) in [5, 5.41) is 14.5. The van der Waals surface area contributed by atoms with Crippen molar-refractivity contribution in [3.05, 3.63) is 29.8 Å². The summed E-state index contributed by atoms with van der Waals surface area (Å²) >= 11 is 0. The van der Waals surface area contributed by atoms with E-state index in [1.807, 2.05) is 12.1 Å². The third kappa shape index (κ3) is 4.21. The summed E-state index contributed by atoms with van der Waals surface area (Å²) in [5.74, 6) is -0.804. The molecule has 1 aliphatic carbocycles. The molecule has 3 N–H and O–H groups in total. The third-order valence-corrected chi connectivity index (χ3v) is 4.21. The lowest BCUT2D eigenvalue weighted by atomic mass is 9.75. The van der Waals surface area contributed by atoms with E-state index < -0.39 is 5.97 Å². The molecular weight excluding hydrogens is 268 g/mol. The number of anilines is 1. The Bertz CT molecular complexity index is 501. The van der Waals surface area contributed by atoms with Crippen LogP contribution in [0.1, 0.15) is 44.6 Å². The minimum atomic E-state index is -0.804. The van der Waals surface area contributed by atoms with Crippen LogP contribution in [0.15, 0.2) is 24.3 Å². The first-order valence-corrected chi connectivity index (χ1v) is 7.43. The van der Waals surface area contributed by atoms with Gasteiger partial charge in [-0.25, -0.2) is 4.79 Å². The predicted octanol–water partition coefficient (Wildman–Crippen LogP) is 3.16. The Hall–Kier alpha value is -2.04. The Balaban J connectivity index is 1.85. The highest BCUT2D eigenvalue weighted by atomic mass is 16.4. The van der Waals surface area contributed by atoms with Crippen LogP contribution in [0.3, 0.4) is 0 Å². The molecule has 0 radical (unpaired) electrons. The Morgan fingerprint density at radius 2 is 1.90 bits per heavy atom. The first-order valence-electron chi connectivity index (χ1n) is 7.43. The maximum Gasteiger partial charge on any atom is 0.319 e. The zero-order chi connectivity index (χ0) is 15.3. The second-order valence-electron chi connectivity index (χ2n) is 5.66. The van der Waals surface area contributed by atoms with Crippen molar-refractivity contribution in [1.82, 2.24) is 5.32 Å². The summed E-state index contributed by atoms with van der Waals surface area (Å²) in [6.07, 6.45) is 4.84. The van der Waals surface area contributed by atoms with Gasteiger partial charge in [0.15, 0.2) is 0 Å². The molecule has 2 amide bonds. The van der Waals surface area contributed by atoms with Crippen molar-refractivity contribution >= 4 is 17.7 Å². The summed E-state index contributed by atoms with van der Waals surface area (Å²) < 4.78 is 0. The largest absolute Gasteiger partial charge is 0.481 e. The van der Waals surface area contributed by atoms with Crippen molar-refractivity contribution in [2.75, 3.05) is 5.32 Å². The van der Waals surface area contributed by atoms with Crippen molar-refractivity contribution < 1.29 is 14.7 Å². The van der Waals surface area contributed by atoms with Gasteiger partial charge in [0, 0.05) is 17.6 Å². The van der Waals surface area contributed by atoms with Crippen molar-refractivity contribution in [3.8, 4) is 0 Å². The standard InChI is InChI=1S/C16H22N2O3/c1-2-16(10-3-11-16)18-15(21)17-13-7-4-12(5-8-13)6-9-14(19)20/h4-5,7-8H,2-3,6,9-11H2,1H3,(H,19,20)(H2,17,18,21). The second-order valence-corrected chi connectivity index (χ2v) is 5.66. The van der Waals surface area contributed by atoms with Gasteiger partial charge in [0.1, 0.15) is 0 Å². The number of urea groups is 1. The van der Waals surface area contributed by atoms with Crippen LogP contribution in [0.4, 0.5) is 10.5 Å². The number of carbonyl (C=O) groups excluding carboxylic acids is 1. The van der Waals surface area contributed by atoms with Gasteiger partial charge in [-0.05, 0) is 49.8 Å². The van der Waals surface area contributed by atoms with Gasteiger partial charge >= 0.3 is 12.0 Å². The summed E-state index contributed by atoms with van der Waals surface area (Å²) in [5.41, 5.74) is 1.65. The fraction of sp³-hybridized carbons (Fsp3) is 0.500. The summed E-state index contributed by atoms with van der Waals surface area (Å²) in [6.45, 7) is 2.09. The Kier molecular flexibility index (Phi) is 4.83. The molecule has 5 heteroatoms. The molecule has 0 unspecified atom stereocenters. The molecule has 1 saturated carbocycles. The molecule has 0 heterocycles. The number of hydrogen-bond acceptors (Lipinski definition) is 2. The van der Waals surface area contributed by atoms with Gasteiger partial charge in [-0.15, -0.1) is 0 Å². The predicted molar refractivity (Wildman–Crippen MR) is 81.4 cm³/mol. The smallest absolute Gasteiger partial charge is 0.319 e. The number of benzene rings is 1. The maximum atomic E-state index is 12.0. The number of amides is 2. The number of nitrogens with one attached hydrogen (secondary N) is 2. The van der Waals surface area contributed by atoms with Gasteiger partial charge in [0.05, 0.1) is 0 Å². The van der Waals surface area contributed by atoms with Crippen LogP contribution in [0, 0.1) is 0 Å². The normalized spacial score (nSPS) is 15.9. The first-order chi connectivity index (χ1) is 10.0. The molecule has 0 spiro atoms. The molecule has 0 atom stereocenters. The minimum absolute atomic E-state index is 0.0223. The molecule has 1 fully saturated rings. The molecule has 0 aliphatic heterocycles. The summed E-state index contributed by atoms with van der Waals surface area (Å²) in [4.78, 5) is 22.5. The van der Waals surface area contributed by atoms with Gasteiger partial charge in [0.2, 0.25) is 0 Å². The van der Waals surface area contributed by atoms with Crippen LogP contribution in [-0.2, 0) is 11.2 Å². The highest BCUT2D eigenvalue weighted by Gasteiger charge is 2.36. The molecule has 0 aromatic heterocycles. The van der Waals surface area contributed by atoms with Crippen LogP contribution in [0.5, 0.6) is 0 Å². The summed E-state index contributed by atoms with van der Waals surface area (Å²) in [7, 11) is 0. The van der Waals surface area contributed by atoms with E-state index in [2.05, 4.69) is 17.6 Å². The topological polar surface area (TPSA) is 78.4 Å². The molecular formula is C16H22N2O3. The molecule has 1 aromatic carbocycles. The first kappa shape index (κ1) is 15.4. The summed E-state index contributed by atoms with van der Waals surface area (Å²) in [6, 6.07) is 7.12. The fourth-order valence-corrected chi connectivity index (χ4v) is 2.58. The van der Waals surface area contributed by atoms with Crippen LogP contribution >= 0.6 is 0 Å². The molecule has 21 heavy (non-hydrogen) atoms. The molecule has 1 aliphatic rings. The molecule has 114 valence electrons. The lowest BCUT2D eigenvalue weighted by Gasteiger charge is -2.41. The molecule has 2 rings (SSSR count). The number of aryl methyl sites for hydroxylation is 1. The Morgan fingerprint density at radius 1 is 1.24 bits per heavy atom. The van der Waals surface area contributed by atoms with Crippen molar-refractivity contribution in [3.63, 3.8) is 0 Å². The number of hydrogen-bond donors (Lipinski definition) is 3. The average Bonchev–Trinajstić information content (AvgIpc) is 2.42. The van der Waals surface area contributed by atoms with Crippen LogP contribution < -0.4 is 10.6 Å².